The van der Waals surface area contributed by atoms with Gasteiger partial charge in [0.1, 0.15) is 12.5 Å². The van der Waals surface area contributed by atoms with Gasteiger partial charge < -0.3 is 8.83 Å². The van der Waals surface area contributed by atoms with E-state index in [1.807, 2.05) is 12.1 Å². The van der Waals surface area contributed by atoms with Crippen LogP contribution < -0.4 is 0 Å². The van der Waals surface area contributed by atoms with Crippen molar-refractivity contribution in [3.63, 3.8) is 0 Å². The maximum atomic E-state index is 5.61. The lowest BCUT2D eigenvalue weighted by Gasteiger charge is -1.94. The number of nitrogens with zero attached hydrogens (tertiary/aromatic N) is 2. The lowest BCUT2D eigenvalue weighted by molar-refractivity contribution is 0.530. The van der Waals surface area contributed by atoms with Crippen molar-refractivity contribution >= 4 is 21.5 Å². The van der Waals surface area contributed by atoms with Gasteiger partial charge in [0.25, 0.3) is 0 Å². The summed E-state index contributed by atoms with van der Waals surface area (Å²) in [6, 6.07) is 3.84. The van der Waals surface area contributed by atoms with Crippen LogP contribution in [0.5, 0.6) is 0 Å². The highest BCUT2D eigenvalue weighted by Gasteiger charge is 2.15. The molecule has 0 N–H and O–H groups in total. The molecule has 4 nitrogen and oxygen atoms in total. The summed E-state index contributed by atoms with van der Waals surface area (Å²) in [4.78, 5) is 8.14. The monoisotopic (exact) mass is 236 g/mol. The average molecular weight is 236 g/mol. The maximum absolute atomic E-state index is 5.61. The predicted molar refractivity (Wildman–Crippen MR) is 67.0 cm³/mol. The van der Waals surface area contributed by atoms with Gasteiger partial charge >= 0.3 is 0 Å². The standard InChI is InChI=1S/C14H8N2O2/c1-3-15-5-9-7-17-13(11(1)9)14-12-2-4-16-6-10(12)8-18-14/h1-8H. The van der Waals surface area contributed by atoms with Crippen LogP contribution in [0.25, 0.3) is 33.1 Å². The highest BCUT2D eigenvalue weighted by Crippen LogP contribution is 2.35. The second-order valence-electron chi connectivity index (χ2n) is 4.06. The molecule has 0 aromatic carbocycles. The Morgan fingerprint density at radius 1 is 0.722 bits per heavy atom. The quantitative estimate of drug-likeness (QED) is 0.506. The highest BCUT2D eigenvalue weighted by atomic mass is 16.4. The summed E-state index contributed by atoms with van der Waals surface area (Å²) in [6.07, 6.45) is 10.4. The molecule has 4 aromatic rings. The van der Waals surface area contributed by atoms with Gasteiger partial charge in [-0.2, -0.15) is 0 Å². The fourth-order valence-corrected chi connectivity index (χ4v) is 2.14. The van der Waals surface area contributed by atoms with Crippen molar-refractivity contribution < 1.29 is 8.83 Å². The summed E-state index contributed by atoms with van der Waals surface area (Å²) in [5, 5.41) is 3.92. The van der Waals surface area contributed by atoms with E-state index in [1.165, 1.54) is 0 Å². The second kappa shape index (κ2) is 3.43. The van der Waals surface area contributed by atoms with Gasteiger partial charge in [-0.25, -0.2) is 0 Å². The molecule has 0 bridgehead atoms. The minimum Gasteiger partial charge on any atom is -0.460 e. The molecule has 0 saturated heterocycles. The van der Waals surface area contributed by atoms with Crippen LogP contribution in [0.1, 0.15) is 0 Å². The lowest BCUT2D eigenvalue weighted by atomic mass is 10.1. The molecule has 4 heteroatoms. The number of hydrogen-bond donors (Lipinski definition) is 0. The highest BCUT2D eigenvalue weighted by molar-refractivity contribution is 6.00. The lowest BCUT2D eigenvalue weighted by Crippen LogP contribution is -1.75. The van der Waals surface area contributed by atoms with Crippen molar-refractivity contribution in [2.45, 2.75) is 0 Å². The van der Waals surface area contributed by atoms with Crippen molar-refractivity contribution in [3.05, 3.63) is 49.4 Å². The molecular formula is C14H8N2O2. The first-order valence-corrected chi connectivity index (χ1v) is 5.56. The van der Waals surface area contributed by atoms with Gasteiger partial charge in [0.05, 0.1) is 0 Å². The number of hydrogen-bond acceptors (Lipinski definition) is 4. The topological polar surface area (TPSA) is 52.1 Å². The van der Waals surface area contributed by atoms with E-state index in [0.29, 0.717) is 0 Å². The Hall–Kier alpha value is -2.62. The Morgan fingerprint density at radius 3 is 1.72 bits per heavy atom. The Balaban J connectivity index is 2.08. The number of furan rings is 2. The molecule has 0 aliphatic heterocycles. The van der Waals surface area contributed by atoms with E-state index in [4.69, 9.17) is 8.83 Å². The zero-order valence-electron chi connectivity index (χ0n) is 9.33. The first-order chi connectivity index (χ1) is 8.93. The first kappa shape index (κ1) is 9.41. The molecule has 0 saturated carbocycles. The van der Waals surface area contributed by atoms with E-state index in [0.717, 1.165) is 33.1 Å². The normalized spacial score (nSPS) is 11.3. The van der Waals surface area contributed by atoms with Crippen LogP contribution >= 0.6 is 0 Å². The number of pyridine rings is 2. The molecule has 0 fully saturated rings. The number of rotatable bonds is 1. The second-order valence-corrected chi connectivity index (χ2v) is 4.06. The molecule has 0 aliphatic rings. The van der Waals surface area contributed by atoms with Crippen LogP contribution in [0.3, 0.4) is 0 Å². The molecule has 0 atom stereocenters. The van der Waals surface area contributed by atoms with Crippen LogP contribution in [-0.4, -0.2) is 9.97 Å². The van der Waals surface area contributed by atoms with Gasteiger partial charge in [0.15, 0.2) is 11.5 Å². The zero-order chi connectivity index (χ0) is 11.9. The molecule has 0 amide bonds. The van der Waals surface area contributed by atoms with Crippen molar-refractivity contribution in [2.75, 3.05) is 0 Å². The van der Waals surface area contributed by atoms with Crippen molar-refractivity contribution in [1.82, 2.24) is 9.97 Å². The molecule has 4 rings (SSSR count). The van der Waals surface area contributed by atoms with Crippen LogP contribution in [0.2, 0.25) is 0 Å². The fraction of sp³-hybridized carbons (Fsp3) is 0. The van der Waals surface area contributed by atoms with E-state index >= 15 is 0 Å². The van der Waals surface area contributed by atoms with Crippen LogP contribution in [0.4, 0.5) is 0 Å². The summed E-state index contributed by atoms with van der Waals surface area (Å²) in [7, 11) is 0. The van der Waals surface area contributed by atoms with Gasteiger partial charge in [0.2, 0.25) is 0 Å². The third kappa shape index (κ3) is 1.20. The van der Waals surface area contributed by atoms with E-state index in [2.05, 4.69) is 9.97 Å². The van der Waals surface area contributed by atoms with E-state index in [9.17, 15) is 0 Å². The third-order valence-corrected chi connectivity index (χ3v) is 3.01. The molecule has 0 unspecified atom stereocenters. The van der Waals surface area contributed by atoms with Crippen molar-refractivity contribution in [3.8, 4) is 11.5 Å². The van der Waals surface area contributed by atoms with Gasteiger partial charge in [-0.1, -0.05) is 0 Å². The zero-order valence-corrected chi connectivity index (χ0v) is 9.33. The molecular weight excluding hydrogens is 228 g/mol. The molecule has 4 heterocycles. The minimum absolute atomic E-state index is 0.730. The molecule has 86 valence electrons. The summed E-state index contributed by atoms with van der Waals surface area (Å²) in [6.45, 7) is 0. The first-order valence-electron chi connectivity index (χ1n) is 5.56. The Kier molecular flexibility index (Phi) is 1.80. The van der Waals surface area contributed by atoms with Gasteiger partial charge in [-0.15, -0.1) is 0 Å². The van der Waals surface area contributed by atoms with E-state index in [-0.39, 0.29) is 0 Å². The summed E-state index contributed by atoms with van der Waals surface area (Å²) < 4.78 is 11.2. The third-order valence-electron chi connectivity index (χ3n) is 3.01. The van der Waals surface area contributed by atoms with Crippen LogP contribution in [0.15, 0.2) is 58.3 Å². The molecule has 0 radical (unpaired) electrons. The summed E-state index contributed by atoms with van der Waals surface area (Å²) in [5.74, 6) is 1.46. The van der Waals surface area contributed by atoms with Gasteiger partial charge in [-0.3, -0.25) is 9.97 Å². The van der Waals surface area contributed by atoms with Crippen LogP contribution in [-0.2, 0) is 0 Å². The smallest absolute Gasteiger partial charge is 0.177 e. The molecule has 0 aliphatic carbocycles. The Labute approximate surface area is 102 Å². The van der Waals surface area contributed by atoms with Crippen LogP contribution in [0, 0.1) is 0 Å². The Bertz CT molecular complexity index is 773. The summed E-state index contributed by atoms with van der Waals surface area (Å²) >= 11 is 0. The predicted octanol–water partition coefficient (Wildman–Crippen LogP) is 3.64. The molecule has 0 spiro atoms. The van der Waals surface area contributed by atoms with Gasteiger partial charge in [-0.05, 0) is 12.1 Å². The number of fused-ring (bicyclic) bond motifs is 2. The largest absolute Gasteiger partial charge is 0.460 e. The van der Waals surface area contributed by atoms with E-state index < -0.39 is 0 Å². The molecule has 18 heavy (non-hydrogen) atoms. The minimum atomic E-state index is 0.730. The van der Waals surface area contributed by atoms with E-state index in [1.54, 1.807) is 37.3 Å². The average Bonchev–Trinajstić information content (AvgIpc) is 3.01. The fourth-order valence-electron chi connectivity index (χ4n) is 2.14. The maximum Gasteiger partial charge on any atom is 0.177 e. The van der Waals surface area contributed by atoms with Crippen molar-refractivity contribution in [1.29, 1.82) is 0 Å². The summed E-state index contributed by atoms with van der Waals surface area (Å²) in [5.41, 5.74) is 0. The Morgan fingerprint density at radius 2 is 1.22 bits per heavy atom. The number of aromatic nitrogens is 2. The molecule has 4 aromatic heterocycles. The van der Waals surface area contributed by atoms with Crippen molar-refractivity contribution in [2.24, 2.45) is 0 Å². The SMILES string of the molecule is c1cc2c(-c3occ4cnccc34)occ2cn1. The van der Waals surface area contributed by atoms with Gasteiger partial charge in [0, 0.05) is 46.3 Å².